The fourth-order valence-corrected chi connectivity index (χ4v) is 4.20. The van der Waals surface area contributed by atoms with Crippen LogP contribution in [0.3, 0.4) is 0 Å². The van der Waals surface area contributed by atoms with E-state index in [0.29, 0.717) is 27.6 Å². The molecule has 28 heavy (non-hydrogen) atoms. The largest absolute Gasteiger partial charge is 0.348 e. The van der Waals surface area contributed by atoms with Gasteiger partial charge < -0.3 is 4.90 Å². The molecular weight excluding hydrogens is 394 g/mol. The van der Waals surface area contributed by atoms with Crippen molar-refractivity contribution in [3.63, 3.8) is 0 Å². The molecule has 144 valence electrons. The molecule has 1 aromatic heterocycles. The number of amides is 1. The van der Waals surface area contributed by atoms with E-state index in [1.165, 1.54) is 16.3 Å². The molecule has 0 aliphatic rings. The van der Waals surface area contributed by atoms with Crippen molar-refractivity contribution in [2.24, 2.45) is 0 Å². The topological polar surface area (TPSA) is 55.2 Å². The second-order valence-electron chi connectivity index (χ2n) is 6.40. The minimum Gasteiger partial charge on any atom is -0.348 e. The summed E-state index contributed by atoms with van der Waals surface area (Å²) in [6.07, 6.45) is 1.64. The third kappa shape index (κ3) is 4.13. The van der Waals surface area contributed by atoms with Gasteiger partial charge in [0.2, 0.25) is 5.91 Å². The van der Waals surface area contributed by atoms with Crippen molar-refractivity contribution >= 4 is 40.2 Å². The molecule has 0 fully saturated rings. The van der Waals surface area contributed by atoms with Crippen molar-refractivity contribution in [2.75, 3.05) is 14.1 Å². The van der Waals surface area contributed by atoms with Gasteiger partial charge in [0.1, 0.15) is 5.25 Å². The highest BCUT2D eigenvalue weighted by Gasteiger charge is 2.26. The van der Waals surface area contributed by atoms with Gasteiger partial charge in [0.15, 0.2) is 5.16 Å². The van der Waals surface area contributed by atoms with E-state index in [9.17, 15) is 9.59 Å². The van der Waals surface area contributed by atoms with Gasteiger partial charge in [-0.2, -0.15) is 0 Å². The standard InChI is InChI=1S/C21H20ClN3O2S/c1-4-12-25-19(26)16-11-10-15(22)13-17(16)23-21(25)28-18(20(27)24(2)3)14-8-6-5-7-9-14/h4-11,13,18H,1,12H2,2-3H3/t18-/m1/s1. The molecule has 5 nitrogen and oxygen atoms in total. The van der Waals surface area contributed by atoms with Crippen LogP contribution >= 0.6 is 23.4 Å². The molecule has 0 aliphatic heterocycles. The van der Waals surface area contributed by atoms with E-state index in [-0.39, 0.29) is 11.5 Å². The predicted octanol–water partition coefficient (Wildman–Crippen LogP) is 4.16. The Morgan fingerprint density at radius 3 is 2.64 bits per heavy atom. The maximum absolute atomic E-state index is 13.0. The summed E-state index contributed by atoms with van der Waals surface area (Å²) in [5, 5.41) is 0.895. The van der Waals surface area contributed by atoms with E-state index in [2.05, 4.69) is 11.6 Å². The zero-order chi connectivity index (χ0) is 20.3. The van der Waals surface area contributed by atoms with Crippen molar-refractivity contribution in [1.82, 2.24) is 14.5 Å². The van der Waals surface area contributed by atoms with Crippen LogP contribution in [0.4, 0.5) is 0 Å². The number of hydrogen-bond acceptors (Lipinski definition) is 4. The minimum atomic E-state index is -0.532. The van der Waals surface area contributed by atoms with Gasteiger partial charge >= 0.3 is 0 Å². The number of carbonyl (C=O) groups excluding carboxylic acids is 1. The second-order valence-corrected chi connectivity index (χ2v) is 7.91. The number of aromatic nitrogens is 2. The summed E-state index contributed by atoms with van der Waals surface area (Å²) >= 11 is 7.33. The number of hydrogen-bond donors (Lipinski definition) is 0. The molecule has 1 amide bonds. The van der Waals surface area contributed by atoms with Gasteiger partial charge in [0.05, 0.1) is 10.9 Å². The number of fused-ring (bicyclic) bond motifs is 1. The molecule has 2 aromatic carbocycles. The number of benzene rings is 2. The van der Waals surface area contributed by atoms with Crippen molar-refractivity contribution in [2.45, 2.75) is 17.0 Å². The Labute approximate surface area is 172 Å². The first-order valence-electron chi connectivity index (χ1n) is 8.66. The highest BCUT2D eigenvalue weighted by atomic mass is 35.5. The first-order chi connectivity index (χ1) is 13.4. The number of thioether (sulfide) groups is 1. The van der Waals surface area contributed by atoms with Crippen LogP contribution in [0.1, 0.15) is 10.8 Å². The Kier molecular flexibility index (Phi) is 6.21. The van der Waals surface area contributed by atoms with E-state index < -0.39 is 5.25 Å². The van der Waals surface area contributed by atoms with E-state index in [1.807, 2.05) is 30.3 Å². The molecule has 0 saturated heterocycles. The summed E-state index contributed by atoms with van der Waals surface area (Å²) in [5.41, 5.74) is 1.16. The summed E-state index contributed by atoms with van der Waals surface area (Å²) in [6, 6.07) is 14.5. The van der Waals surface area contributed by atoms with Crippen LogP contribution in [0.5, 0.6) is 0 Å². The quantitative estimate of drug-likeness (QED) is 0.346. The van der Waals surface area contributed by atoms with Crippen molar-refractivity contribution < 1.29 is 4.79 Å². The third-order valence-corrected chi connectivity index (χ3v) is 5.65. The Bertz CT molecular complexity index is 1080. The van der Waals surface area contributed by atoms with Gasteiger partial charge in [0.25, 0.3) is 5.56 Å². The summed E-state index contributed by atoms with van der Waals surface area (Å²) in [6.45, 7) is 4.04. The SMILES string of the molecule is C=CCn1c(S[C@@H](C(=O)N(C)C)c2ccccc2)nc2cc(Cl)ccc2c1=O. The lowest BCUT2D eigenvalue weighted by Gasteiger charge is -2.21. The number of carbonyl (C=O) groups is 1. The molecule has 0 radical (unpaired) electrons. The Morgan fingerprint density at radius 2 is 2.00 bits per heavy atom. The van der Waals surface area contributed by atoms with Crippen LogP contribution < -0.4 is 5.56 Å². The minimum absolute atomic E-state index is 0.0817. The van der Waals surface area contributed by atoms with Crippen molar-refractivity contribution in [3.8, 4) is 0 Å². The molecule has 1 heterocycles. The lowest BCUT2D eigenvalue weighted by molar-refractivity contribution is -0.128. The third-order valence-electron chi connectivity index (χ3n) is 4.18. The molecule has 0 unspecified atom stereocenters. The predicted molar refractivity (Wildman–Crippen MR) is 115 cm³/mol. The highest BCUT2D eigenvalue weighted by Crippen LogP contribution is 2.35. The van der Waals surface area contributed by atoms with Crippen LogP contribution in [0.25, 0.3) is 10.9 Å². The molecular formula is C21H20ClN3O2S. The van der Waals surface area contributed by atoms with E-state index >= 15 is 0 Å². The first kappa shape index (κ1) is 20.2. The monoisotopic (exact) mass is 413 g/mol. The van der Waals surface area contributed by atoms with Gasteiger partial charge in [0, 0.05) is 25.7 Å². The average molecular weight is 414 g/mol. The highest BCUT2D eigenvalue weighted by molar-refractivity contribution is 8.00. The van der Waals surface area contributed by atoms with E-state index in [4.69, 9.17) is 11.6 Å². The number of likely N-dealkylation sites (N-methyl/N-ethyl adjacent to an activating group) is 1. The van der Waals surface area contributed by atoms with Gasteiger partial charge in [-0.05, 0) is 23.8 Å². The second kappa shape index (κ2) is 8.63. The lowest BCUT2D eigenvalue weighted by Crippen LogP contribution is -2.28. The zero-order valence-corrected chi connectivity index (χ0v) is 17.2. The van der Waals surface area contributed by atoms with Crippen LogP contribution in [-0.4, -0.2) is 34.5 Å². The molecule has 3 aromatic rings. The van der Waals surface area contributed by atoms with Crippen molar-refractivity contribution in [1.29, 1.82) is 0 Å². The molecule has 0 bridgehead atoms. The van der Waals surface area contributed by atoms with Gasteiger partial charge in [-0.15, -0.1) is 6.58 Å². The Morgan fingerprint density at radius 1 is 1.29 bits per heavy atom. The fraction of sp³-hybridized carbons (Fsp3) is 0.190. The molecule has 1 atom stereocenters. The average Bonchev–Trinajstić information content (AvgIpc) is 2.68. The molecule has 7 heteroatoms. The van der Waals surface area contributed by atoms with Gasteiger partial charge in [-0.25, -0.2) is 4.98 Å². The summed E-state index contributed by atoms with van der Waals surface area (Å²) in [7, 11) is 3.42. The van der Waals surface area contributed by atoms with Crippen LogP contribution in [0.15, 0.2) is 71.1 Å². The lowest BCUT2D eigenvalue weighted by atomic mass is 10.1. The summed E-state index contributed by atoms with van der Waals surface area (Å²) in [4.78, 5) is 32.0. The summed E-state index contributed by atoms with van der Waals surface area (Å²) in [5.74, 6) is -0.0817. The number of halogens is 1. The molecule has 0 N–H and O–H groups in total. The fourth-order valence-electron chi connectivity index (χ4n) is 2.78. The number of rotatable bonds is 6. The zero-order valence-electron chi connectivity index (χ0n) is 15.6. The Hall–Kier alpha value is -2.57. The molecule has 3 rings (SSSR count). The molecule has 0 spiro atoms. The van der Waals surface area contributed by atoms with Crippen LogP contribution in [0, 0.1) is 0 Å². The first-order valence-corrected chi connectivity index (χ1v) is 9.92. The molecule has 0 saturated carbocycles. The van der Waals surface area contributed by atoms with Crippen LogP contribution in [-0.2, 0) is 11.3 Å². The van der Waals surface area contributed by atoms with Crippen LogP contribution in [0.2, 0.25) is 5.02 Å². The summed E-state index contributed by atoms with van der Waals surface area (Å²) < 4.78 is 1.53. The van der Waals surface area contributed by atoms with Gasteiger partial charge in [-0.1, -0.05) is 59.8 Å². The maximum Gasteiger partial charge on any atom is 0.262 e. The molecule has 0 aliphatic carbocycles. The number of nitrogens with zero attached hydrogens (tertiary/aromatic N) is 3. The maximum atomic E-state index is 13.0. The normalized spacial score (nSPS) is 12.0. The van der Waals surface area contributed by atoms with Crippen molar-refractivity contribution in [3.05, 3.63) is 82.1 Å². The number of allylic oxidation sites excluding steroid dienone is 1. The smallest absolute Gasteiger partial charge is 0.262 e. The van der Waals surface area contributed by atoms with E-state index in [0.717, 1.165) is 5.56 Å². The van der Waals surface area contributed by atoms with E-state index in [1.54, 1.807) is 43.3 Å². The van der Waals surface area contributed by atoms with Gasteiger partial charge in [-0.3, -0.25) is 14.2 Å². The Balaban J connectivity index is 2.16.